The van der Waals surface area contributed by atoms with Crippen molar-refractivity contribution in [3.63, 3.8) is 0 Å². The fraction of sp³-hybridized carbons (Fsp3) is 0.105. The smallest absolute Gasteiger partial charge is 0.346 e. The number of benzene rings is 2. The third-order valence-electron chi connectivity index (χ3n) is 3.71. The monoisotopic (exact) mass is 352 g/mol. The van der Waals surface area contributed by atoms with Gasteiger partial charge < -0.3 is 14.8 Å². The minimum absolute atomic E-state index is 0.000456. The van der Waals surface area contributed by atoms with E-state index in [1.54, 1.807) is 36.4 Å². The quantitative estimate of drug-likeness (QED) is 0.467. The summed E-state index contributed by atoms with van der Waals surface area (Å²) in [5.41, 5.74) is 0.815. The number of carbonyl (C=O) groups is 3. The predicted molar refractivity (Wildman–Crippen MR) is 93.0 cm³/mol. The Bertz CT molecular complexity index is 873. The molecule has 0 aromatic heterocycles. The normalized spacial score (nSPS) is 13.4. The first kappa shape index (κ1) is 17.2. The van der Waals surface area contributed by atoms with Crippen molar-refractivity contribution in [2.45, 2.75) is 6.61 Å². The predicted octanol–water partition coefficient (Wildman–Crippen LogP) is 1.76. The number of anilines is 1. The third kappa shape index (κ3) is 3.72. The molecule has 1 aliphatic heterocycles. The van der Waals surface area contributed by atoms with Gasteiger partial charge in [0.15, 0.2) is 5.57 Å². The molecule has 26 heavy (non-hydrogen) atoms. The minimum atomic E-state index is -0.867. The summed E-state index contributed by atoms with van der Waals surface area (Å²) >= 11 is 0. The van der Waals surface area contributed by atoms with Crippen LogP contribution in [0.25, 0.3) is 0 Å². The number of imide groups is 1. The second kappa shape index (κ2) is 7.52. The molecule has 0 unspecified atom stereocenters. The average Bonchev–Trinajstić information content (AvgIpc) is 2.94. The molecule has 0 fully saturated rings. The summed E-state index contributed by atoms with van der Waals surface area (Å²) in [6, 6.07) is 15.7. The van der Waals surface area contributed by atoms with Crippen molar-refractivity contribution in [1.82, 2.24) is 5.32 Å². The molecule has 3 rings (SSSR count). The van der Waals surface area contributed by atoms with Crippen LogP contribution in [-0.4, -0.2) is 24.9 Å². The van der Waals surface area contributed by atoms with Crippen LogP contribution in [0.4, 0.5) is 5.69 Å². The highest BCUT2D eigenvalue weighted by Crippen LogP contribution is 2.21. The first-order valence-corrected chi connectivity index (χ1v) is 7.80. The molecule has 0 radical (unpaired) electrons. The van der Waals surface area contributed by atoms with Crippen LogP contribution in [0, 0.1) is 0 Å². The molecule has 0 bridgehead atoms. The maximum absolute atomic E-state index is 12.3. The molecule has 132 valence electrons. The number of hydrogen-bond donors (Lipinski definition) is 2. The van der Waals surface area contributed by atoms with Crippen molar-refractivity contribution >= 4 is 23.5 Å². The molecule has 0 atom stereocenters. The summed E-state index contributed by atoms with van der Waals surface area (Å²) in [6.45, 7) is 0.000456. The Morgan fingerprint density at radius 2 is 1.69 bits per heavy atom. The molecular formula is C19H16N2O5. The van der Waals surface area contributed by atoms with Crippen LogP contribution in [-0.2, 0) is 25.7 Å². The maximum atomic E-state index is 12.3. The van der Waals surface area contributed by atoms with Crippen LogP contribution in [0.1, 0.15) is 5.56 Å². The summed E-state index contributed by atoms with van der Waals surface area (Å²) in [5.74, 6) is -1.70. The van der Waals surface area contributed by atoms with Crippen molar-refractivity contribution in [2.75, 3.05) is 12.4 Å². The summed E-state index contributed by atoms with van der Waals surface area (Å²) in [4.78, 5) is 36.3. The van der Waals surface area contributed by atoms with Crippen LogP contribution in [0.5, 0.6) is 5.75 Å². The number of ether oxygens (including phenoxy) is 2. The molecule has 1 aliphatic rings. The first-order valence-electron chi connectivity index (χ1n) is 7.80. The van der Waals surface area contributed by atoms with E-state index in [0.29, 0.717) is 11.4 Å². The Hall–Kier alpha value is -3.61. The number of amides is 2. The molecular weight excluding hydrogens is 336 g/mol. The second-order valence-corrected chi connectivity index (χ2v) is 5.45. The largest absolute Gasteiger partial charge is 0.497 e. The standard InChI is InChI=1S/C19H16N2O5/c1-25-14-9-7-13(8-10-14)20-16-15(17(22)21-18(16)23)19(24)26-11-12-5-3-2-4-6-12/h2-10H,11H2,1H3,(H2,20,21,22,23). The fourth-order valence-corrected chi connectivity index (χ4v) is 2.38. The van der Waals surface area contributed by atoms with Gasteiger partial charge in [-0.25, -0.2) is 4.79 Å². The molecule has 2 amide bonds. The summed E-state index contributed by atoms with van der Waals surface area (Å²) in [5, 5.41) is 4.89. The Labute approximate surface area is 149 Å². The van der Waals surface area contributed by atoms with Crippen LogP contribution < -0.4 is 15.4 Å². The molecule has 1 heterocycles. The molecule has 7 nitrogen and oxygen atoms in total. The Morgan fingerprint density at radius 1 is 1.00 bits per heavy atom. The molecule has 2 aromatic carbocycles. The highest BCUT2D eigenvalue weighted by molar-refractivity contribution is 6.31. The lowest BCUT2D eigenvalue weighted by Crippen LogP contribution is -2.25. The van der Waals surface area contributed by atoms with Crippen LogP contribution in [0.3, 0.4) is 0 Å². The van der Waals surface area contributed by atoms with Gasteiger partial charge in [0.05, 0.1) is 7.11 Å². The number of nitrogens with one attached hydrogen (secondary N) is 2. The number of carbonyl (C=O) groups excluding carboxylic acids is 3. The van der Waals surface area contributed by atoms with E-state index in [0.717, 1.165) is 5.56 Å². The topological polar surface area (TPSA) is 93.7 Å². The Kier molecular flexibility index (Phi) is 4.98. The van der Waals surface area contributed by atoms with E-state index in [2.05, 4.69) is 10.6 Å². The van der Waals surface area contributed by atoms with Crippen LogP contribution in [0.15, 0.2) is 65.9 Å². The first-order chi connectivity index (χ1) is 12.6. The van der Waals surface area contributed by atoms with Gasteiger partial charge in [0.2, 0.25) is 0 Å². The number of hydrogen-bond acceptors (Lipinski definition) is 6. The van der Waals surface area contributed by atoms with Crippen molar-refractivity contribution in [1.29, 1.82) is 0 Å². The van der Waals surface area contributed by atoms with Crippen molar-refractivity contribution in [3.8, 4) is 5.75 Å². The summed E-state index contributed by atoms with van der Waals surface area (Å²) < 4.78 is 10.2. The zero-order valence-corrected chi connectivity index (χ0v) is 13.9. The van der Waals surface area contributed by atoms with Crippen molar-refractivity contribution < 1.29 is 23.9 Å². The zero-order valence-electron chi connectivity index (χ0n) is 13.9. The number of rotatable bonds is 6. The highest BCUT2D eigenvalue weighted by Gasteiger charge is 2.36. The molecule has 0 aliphatic carbocycles. The van der Waals surface area contributed by atoms with Gasteiger partial charge in [-0.3, -0.25) is 14.9 Å². The number of methoxy groups -OCH3 is 1. The van der Waals surface area contributed by atoms with Crippen LogP contribution in [0.2, 0.25) is 0 Å². The van der Waals surface area contributed by atoms with Gasteiger partial charge in [-0.15, -0.1) is 0 Å². The van der Waals surface area contributed by atoms with Gasteiger partial charge in [-0.2, -0.15) is 0 Å². The number of esters is 1. The summed E-state index contributed by atoms with van der Waals surface area (Å²) in [7, 11) is 1.54. The fourth-order valence-electron chi connectivity index (χ4n) is 2.38. The SMILES string of the molecule is COc1ccc(NC2=C(C(=O)OCc3ccccc3)C(=O)NC2=O)cc1. The lowest BCUT2D eigenvalue weighted by atomic mass is 10.2. The lowest BCUT2D eigenvalue weighted by Gasteiger charge is -2.09. The molecule has 0 saturated heterocycles. The second-order valence-electron chi connectivity index (χ2n) is 5.45. The molecule has 0 spiro atoms. The van der Waals surface area contributed by atoms with E-state index in [1.165, 1.54) is 7.11 Å². The molecule has 2 aromatic rings. The van der Waals surface area contributed by atoms with E-state index < -0.39 is 17.8 Å². The van der Waals surface area contributed by atoms with Crippen LogP contribution >= 0.6 is 0 Å². The van der Waals surface area contributed by atoms with E-state index in [4.69, 9.17) is 9.47 Å². The average molecular weight is 352 g/mol. The third-order valence-corrected chi connectivity index (χ3v) is 3.71. The van der Waals surface area contributed by atoms with E-state index in [-0.39, 0.29) is 17.9 Å². The zero-order chi connectivity index (χ0) is 18.5. The molecule has 0 saturated carbocycles. The molecule has 7 heteroatoms. The summed E-state index contributed by atoms with van der Waals surface area (Å²) in [6.07, 6.45) is 0. The van der Waals surface area contributed by atoms with E-state index in [9.17, 15) is 14.4 Å². The van der Waals surface area contributed by atoms with Gasteiger partial charge in [0, 0.05) is 5.69 Å². The van der Waals surface area contributed by atoms with E-state index in [1.807, 2.05) is 18.2 Å². The van der Waals surface area contributed by atoms with Gasteiger partial charge in [0.25, 0.3) is 11.8 Å². The van der Waals surface area contributed by atoms with Gasteiger partial charge in [-0.05, 0) is 29.8 Å². The van der Waals surface area contributed by atoms with Crippen molar-refractivity contribution in [3.05, 3.63) is 71.4 Å². The van der Waals surface area contributed by atoms with E-state index >= 15 is 0 Å². The van der Waals surface area contributed by atoms with Gasteiger partial charge in [-0.1, -0.05) is 30.3 Å². The Morgan fingerprint density at radius 3 is 2.35 bits per heavy atom. The minimum Gasteiger partial charge on any atom is -0.497 e. The highest BCUT2D eigenvalue weighted by atomic mass is 16.5. The maximum Gasteiger partial charge on any atom is 0.346 e. The lowest BCUT2D eigenvalue weighted by molar-refractivity contribution is -0.141. The molecule has 2 N–H and O–H groups in total. The van der Waals surface area contributed by atoms with Gasteiger partial charge >= 0.3 is 5.97 Å². The van der Waals surface area contributed by atoms with Crippen molar-refractivity contribution in [2.24, 2.45) is 0 Å². The van der Waals surface area contributed by atoms with Gasteiger partial charge in [0.1, 0.15) is 18.1 Å². The Balaban J connectivity index is 1.79.